The number of rotatable bonds is 10. The third-order valence-electron chi connectivity index (χ3n) is 7.75. The van der Waals surface area contributed by atoms with E-state index in [4.69, 9.17) is 0 Å². The highest BCUT2D eigenvalue weighted by molar-refractivity contribution is 7.09. The first-order valence-corrected chi connectivity index (χ1v) is 15.4. The fourth-order valence-corrected chi connectivity index (χ4v) is 6.23. The third-order valence-corrected chi connectivity index (χ3v) is 8.61. The molecule has 0 spiro atoms. The Balaban J connectivity index is 1.61. The van der Waals surface area contributed by atoms with E-state index >= 15 is 0 Å². The van der Waals surface area contributed by atoms with Crippen LogP contribution in [0.2, 0.25) is 0 Å². The van der Waals surface area contributed by atoms with Gasteiger partial charge >= 0.3 is 6.03 Å². The average molecular weight is 564 g/mol. The number of halogens is 1. The number of benzene rings is 2. The van der Waals surface area contributed by atoms with Crippen LogP contribution in [0.25, 0.3) is 0 Å². The van der Waals surface area contributed by atoms with Gasteiger partial charge in [0.1, 0.15) is 12.4 Å². The molecular formula is C33H42FN3O2S. The first-order valence-electron chi connectivity index (χ1n) is 14.5. The van der Waals surface area contributed by atoms with Crippen LogP contribution in [0.15, 0.2) is 60.0 Å². The van der Waals surface area contributed by atoms with Crippen molar-refractivity contribution in [3.63, 3.8) is 0 Å². The van der Waals surface area contributed by atoms with Gasteiger partial charge in [0.2, 0.25) is 5.91 Å². The van der Waals surface area contributed by atoms with Crippen LogP contribution in [0.3, 0.4) is 0 Å². The Kier molecular flexibility index (Phi) is 10.4. The number of nitrogens with zero attached hydrogens (tertiary/aromatic N) is 2. The van der Waals surface area contributed by atoms with Crippen molar-refractivity contribution < 1.29 is 14.0 Å². The molecule has 2 aromatic carbocycles. The minimum Gasteiger partial charge on any atom is -0.332 e. The molecule has 0 aliphatic heterocycles. The van der Waals surface area contributed by atoms with Crippen LogP contribution in [0, 0.1) is 5.82 Å². The molecule has 0 bridgehead atoms. The molecule has 1 fully saturated rings. The summed E-state index contributed by atoms with van der Waals surface area (Å²) in [5, 5.41) is 5.26. The number of carbonyl (C=O) groups is 2. The van der Waals surface area contributed by atoms with Crippen LogP contribution >= 0.6 is 11.3 Å². The van der Waals surface area contributed by atoms with E-state index in [2.05, 4.69) is 51.2 Å². The second kappa shape index (κ2) is 13.9. The van der Waals surface area contributed by atoms with Crippen molar-refractivity contribution in [2.75, 3.05) is 11.9 Å². The minimum atomic E-state index is -0.303. The number of nitrogens with one attached hydrogen (secondary N) is 1. The highest BCUT2D eigenvalue weighted by Gasteiger charge is 2.30. The number of hydrogen-bond acceptors (Lipinski definition) is 3. The van der Waals surface area contributed by atoms with E-state index in [1.165, 1.54) is 12.1 Å². The van der Waals surface area contributed by atoms with E-state index in [1.807, 2.05) is 17.5 Å². The Bertz CT molecular complexity index is 1220. The molecule has 3 amide bonds. The van der Waals surface area contributed by atoms with E-state index in [0.29, 0.717) is 13.1 Å². The monoisotopic (exact) mass is 563 g/mol. The topological polar surface area (TPSA) is 52.7 Å². The average Bonchev–Trinajstić information content (AvgIpc) is 3.46. The normalized spacial score (nSPS) is 14.0. The van der Waals surface area contributed by atoms with Crippen LogP contribution in [0.4, 0.5) is 14.9 Å². The molecule has 40 heavy (non-hydrogen) atoms. The first-order chi connectivity index (χ1) is 19.2. The number of carbonyl (C=O) groups excluding carboxylic acids is 2. The molecule has 1 saturated carbocycles. The number of urea groups is 1. The van der Waals surface area contributed by atoms with Gasteiger partial charge in [0.05, 0.1) is 6.54 Å². The number of thiophene rings is 1. The molecule has 0 radical (unpaired) electrons. The highest BCUT2D eigenvalue weighted by atomic mass is 32.1. The summed E-state index contributed by atoms with van der Waals surface area (Å²) in [6, 6.07) is 16.3. The predicted octanol–water partition coefficient (Wildman–Crippen LogP) is 8.53. The van der Waals surface area contributed by atoms with Gasteiger partial charge in [-0.2, -0.15) is 0 Å². The second-order valence-corrected chi connectivity index (χ2v) is 12.5. The zero-order chi connectivity index (χ0) is 28.6. The van der Waals surface area contributed by atoms with Crippen molar-refractivity contribution in [3.05, 3.63) is 87.4 Å². The van der Waals surface area contributed by atoms with Crippen LogP contribution in [0.1, 0.15) is 93.2 Å². The molecule has 1 N–H and O–H groups in total. The summed E-state index contributed by atoms with van der Waals surface area (Å²) in [5.74, 6) is 0.0775. The van der Waals surface area contributed by atoms with Crippen molar-refractivity contribution in [2.45, 2.75) is 90.8 Å². The standard InChI is InChI=1S/C33H42FN3O2S/c1-23(2)29-13-8-14-30(24(3)4)32(29)35-33(39)37(27-10-6-5-7-11-27)22-31(38)36(21-28-12-9-19-40-28)20-25-15-17-26(34)18-16-25/h8-9,12-19,23-24,27H,5-7,10-11,20-22H2,1-4H3,(H,35,39). The summed E-state index contributed by atoms with van der Waals surface area (Å²) in [5.41, 5.74) is 3.93. The van der Waals surface area contributed by atoms with E-state index in [-0.39, 0.29) is 42.2 Å². The van der Waals surface area contributed by atoms with E-state index in [0.717, 1.165) is 59.4 Å². The summed E-state index contributed by atoms with van der Waals surface area (Å²) in [7, 11) is 0. The van der Waals surface area contributed by atoms with Gasteiger partial charge in [-0.25, -0.2) is 9.18 Å². The van der Waals surface area contributed by atoms with Crippen molar-refractivity contribution in [1.29, 1.82) is 0 Å². The van der Waals surface area contributed by atoms with Crippen molar-refractivity contribution >= 4 is 29.0 Å². The van der Waals surface area contributed by atoms with Crippen molar-refractivity contribution in [2.24, 2.45) is 0 Å². The van der Waals surface area contributed by atoms with Crippen LogP contribution in [0.5, 0.6) is 0 Å². The maximum atomic E-state index is 14.0. The van der Waals surface area contributed by atoms with Gasteiger partial charge in [0.15, 0.2) is 0 Å². The molecule has 0 saturated heterocycles. The number of anilines is 1. The number of para-hydroxylation sites is 1. The smallest absolute Gasteiger partial charge is 0.322 e. The lowest BCUT2D eigenvalue weighted by atomic mass is 9.92. The SMILES string of the molecule is CC(C)c1cccc(C(C)C)c1NC(=O)N(CC(=O)N(Cc1ccc(F)cc1)Cc1cccs1)C1CCCCC1. The molecule has 5 nitrogen and oxygen atoms in total. The number of amides is 3. The van der Waals surface area contributed by atoms with Gasteiger partial charge in [-0.15, -0.1) is 11.3 Å². The van der Waals surface area contributed by atoms with Gasteiger partial charge in [0.25, 0.3) is 0 Å². The maximum absolute atomic E-state index is 14.0. The van der Waals surface area contributed by atoms with Crippen LogP contribution in [-0.2, 0) is 17.9 Å². The predicted molar refractivity (Wildman–Crippen MR) is 162 cm³/mol. The van der Waals surface area contributed by atoms with E-state index in [1.54, 1.807) is 33.3 Å². The fourth-order valence-electron chi connectivity index (χ4n) is 5.51. The Morgan fingerprint density at radius 1 is 0.900 bits per heavy atom. The Morgan fingerprint density at radius 2 is 1.55 bits per heavy atom. The molecule has 7 heteroatoms. The molecule has 3 aromatic rings. The van der Waals surface area contributed by atoms with E-state index in [9.17, 15) is 14.0 Å². The fraction of sp³-hybridized carbons (Fsp3) is 0.455. The summed E-state index contributed by atoms with van der Waals surface area (Å²) in [4.78, 5) is 32.6. The maximum Gasteiger partial charge on any atom is 0.322 e. The van der Waals surface area contributed by atoms with Crippen LogP contribution in [-0.4, -0.2) is 34.3 Å². The molecule has 1 aromatic heterocycles. The van der Waals surface area contributed by atoms with Crippen LogP contribution < -0.4 is 5.32 Å². The lowest BCUT2D eigenvalue weighted by molar-refractivity contribution is -0.133. The van der Waals surface area contributed by atoms with Gasteiger partial charge in [-0.3, -0.25) is 4.79 Å². The van der Waals surface area contributed by atoms with Gasteiger partial charge in [0, 0.05) is 23.2 Å². The van der Waals surface area contributed by atoms with Crippen molar-refractivity contribution in [3.8, 4) is 0 Å². The molecule has 1 aliphatic rings. The van der Waals surface area contributed by atoms with Gasteiger partial charge in [-0.05, 0) is 64.9 Å². The molecule has 214 valence electrons. The van der Waals surface area contributed by atoms with E-state index < -0.39 is 0 Å². The zero-order valence-corrected chi connectivity index (χ0v) is 25.0. The largest absolute Gasteiger partial charge is 0.332 e. The molecule has 0 atom stereocenters. The van der Waals surface area contributed by atoms with Crippen molar-refractivity contribution in [1.82, 2.24) is 9.80 Å². The number of hydrogen-bond donors (Lipinski definition) is 1. The zero-order valence-electron chi connectivity index (χ0n) is 24.2. The summed E-state index contributed by atoms with van der Waals surface area (Å²) < 4.78 is 13.6. The molecule has 1 heterocycles. The lowest BCUT2D eigenvalue weighted by Crippen LogP contribution is -2.49. The summed E-state index contributed by atoms with van der Waals surface area (Å²) in [6.07, 6.45) is 5.05. The first kappa shape index (κ1) is 29.8. The summed E-state index contributed by atoms with van der Waals surface area (Å²) >= 11 is 1.60. The third kappa shape index (κ3) is 7.72. The quantitative estimate of drug-likeness (QED) is 0.269. The molecular weight excluding hydrogens is 521 g/mol. The second-order valence-electron chi connectivity index (χ2n) is 11.4. The lowest BCUT2D eigenvalue weighted by Gasteiger charge is -2.36. The Hall–Kier alpha value is -3.19. The summed E-state index contributed by atoms with van der Waals surface area (Å²) in [6.45, 7) is 9.34. The minimum absolute atomic E-state index is 0.00390. The Morgan fingerprint density at radius 3 is 2.12 bits per heavy atom. The highest BCUT2D eigenvalue weighted by Crippen LogP contribution is 2.33. The van der Waals surface area contributed by atoms with Gasteiger partial charge in [-0.1, -0.05) is 83.4 Å². The molecule has 4 rings (SSSR count). The molecule has 1 aliphatic carbocycles. The Labute approximate surface area is 242 Å². The molecule has 0 unspecified atom stereocenters. The van der Waals surface area contributed by atoms with Gasteiger partial charge < -0.3 is 15.1 Å².